The number of pyridine rings is 1. The molecule has 2 aromatic rings. The third-order valence-electron chi connectivity index (χ3n) is 4.01. The summed E-state index contributed by atoms with van der Waals surface area (Å²) in [6.45, 7) is 3.34. The maximum Gasteiger partial charge on any atom is 0.248 e. The molecule has 1 aromatic carbocycles. The van der Waals surface area contributed by atoms with Crippen LogP contribution < -0.4 is 16.0 Å². The van der Waals surface area contributed by atoms with Gasteiger partial charge in [-0.25, -0.2) is 8.78 Å². The molecule has 1 heterocycles. The number of halogens is 2. The van der Waals surface area contributed by atoms with Crippen molar-refractivity contribution in [1.82, 2.24) is 20.9 Å². The zero-order valence-electron chi connectivity index (χ0n) is 16.0. The molecule has 9 heteroatoms. The molecule has 0 saturated heterocycles. The molecule has 3 amide bonds. The van der Waals surface area contributed by atoms with Gasteiger partial charge in [0.25, 0.3) is 0 Å². The van der Waals surface area contributed by atoms with Crippen molar-refractivity contribution < 1.29 is 23.2 Å². The van der Waals surface area contributed by atoms with E-state index in [1.54, 1.807) is 25.3 Å². The third-order valence-corrected chi connectivity index (χ3v) is 4.01. The van der Waals surface area contributed by atoms with E-state index >= 15 is 0 Å². The van der Waals surface area contributed by atoms with Crippen LogP contribution in [0.25, 0.3) is 0 Å². The highest BCUT2D eigenvalue weighted by atomic mass is 19.1. The second-order valence-electron chi connectivity index (χ2n) is 6.52. The monoisotopic (exact) mass is 404 g/mol. The standard InChI is InChI=1S/C20H22F2N4O3/c1-12(24-11-17-5-3-4-6-23-17)19(28)26-20(29)13(2)25-18(27)9-14-7-15(21)10-16(22)8-14/h3-8,10,12-13,24H,9,11H2,1-2H3,(H,25,27)(H,26,28,29)/t12-,13-/m0/s1. The van der Waals surface area contributed by atoms with Crippen LogP contribution in [0.5, 0.6) is 0 Å². The molecule has 0 aliphatic heterocycles. The Morgan fingerprint density at radius 2 is 1.66 bits per heavy atom. The van der Waals surface area contributed by atoms with Crippen LogP contribution in [0.15, 0.2) is 42.6 Å². The maximum atomic E-state index is 13.2. The molecule has 0 aliphatic rings. The molecule has 0 unspecified atom stereocenters. The minimum absolute atomic E-state index is 0.135. The molecule has 3 N–H and O–H groups in total. The molecule has 154 valence electrons. The van der Waals surface area contributed by atoms with Gasteiger partial charge in [-0.2, -0.15) is 0 Å². The number of hydrogen-bond donors (Lipinski definition) is 3. The Morgan fingerprint density at radius 1 is 1.00 bits per heavy atom. The first kappa shape index (κ1) is 22.1. The number of rotatable bonds is 8. The van der Waals surface area contributed by atoms with E-state index in [0.29, 0.717) is 12.6 Å². The first-order valence-corrected chi connectivity index (χ1v) is 8.97. The Bertz CT molecular complexity index is 857. The summed E-state index contributed by atoms with van der Waals surface area (Å²) in [6, 6.07) is 6.49. The summed E-state index contributed by atoms with van der Waals surface area (Å²) in [5, 5.41) is 7.54. The van der Waals surface area contributed by atoms with Gasteiger partial charge >= 0.3 is 0 Å². The van der Waals surface area contributed by atoms with Gasteiger partial charge in [0.15, 0.2) is 0 Å². The predicted molar refractivity (Wildman–Crippen MR) is 101 cm³/mol. The highest BCUT2D eigenvalue weighted by Crippen LogP contribution is 2.08. The summed E-state index contributed by atoms with van der Waals surface area (Å²) in [5.74, 6) is -3.45. The Balaban J connectivity index is 1.79. The average Bonchev–Trinajstić information content (AvgIpc) is 2.65. The lowest BCUT2D eigenvalue weighted by atomic mass is 10.1. The van der Waals surface area contributed by atoms with E-state index in [-0.39, 0.29) is 12.0 Å². The molecule has 7 nitrogen and oxygen atoms in total. The lowest BCUT2D eigenvalue weighted by Crippen LogP contribution is -2.51. The third kappa shape index (κ3) is 7.38. The largest absolute Gasteiger partial charge is 0.344 e. The van der Waals surface area contributed by atoms with E-state index in [9.17, 15) is 23.2 Å². The van der Waals surface area contributed by atoms with E-state index in [1.807, 2.05) is 6.07 Å². The summed E-state index contributed by atoms with van der Waals surface area (Å²) < 4.78 is 26.4. The number of carbonyl (C=O) groups excluding carboxylic acids is 3. The number of benzene rings is 1. The number of carbonyl (C=O) groups is 3. The van der Waals surface area contributed by atoms with Crippen molar-refractivity contribution in [3.8, 4) is 0 Å². The smallest absolute Gasteiger partial charge is 0.248 e. The Morgan fingerprint density at radius 3 is 2.28 bits per heavy atom. The number of amides is 3. The van der Waals surface area contributed by atoms with Crippen LogP contribution in [-0.2, 0) is 27.3 Å². The molecule has 29 heavy (non-hydrogen) atoms. The van der Waals surface area contributed by atoms with Gasteiger partial charge in [0.1, 0.15) is 17.7 Å². The number of hydrogen-bond acceptors (Lipinski definition) is 5. The van der Waals surface area contributed by atoms with Gasteiger partial charge in [-0.15, -0.1) is 0 Å². The molecule has 0 aliphatic carbocycles. The summed E-state index contributed by atoms with van der Waals surface area (Å²) in [7, 11) is 0. The Labute approximate surface area is 166 Å². The molecule has 0 spiro atoms. The van der Waals surface area contributed by atoms with Crippen molar-refractivity contribution in [2.24, 2.45) is 0 Å². The van der Waals surface area contributed by atoms with Crippen molar-refractivity contribution in [3.05, 3.63) is 65.5 Å². The summed E-state index contributed by atoms with van der Waals surface area (Å²) in [5.41, 5.74) is 0.879. The lowest BCUT2D eigenvalue weighted by molar-refractivity contribution is -0.134. The molecule has 2 rings (SSSR count). The fourth-order valence-electron chi connectivity index (χ4n) is 2.45. The van der Waals surface area contributed by atoms with E-state index in [2.05, 4.69) is 20.9 Å². The summed E-state index contributed by atoms with van der Waals surface area (Å²) >= 11 is 0. The second-order valence-corrected chi connectivity index (χ2v) is 6.52. The number of nitrogens with zero attached hydrogens (tertiary/aromatic N) is 1. The topological polar surface area (TPSA) is 100 Å². The second kappa shape index (κ2) is 10.4. The summed E-state index contributed by atoms with van der Waals surface area (Å²) in [4.78, 5) is 40.4. The van der Waals surface area contributed by atoms with Crippen molar-refractivity contribution in [1.29, 1.82) is 0 Å². The van der Waals surface area contributed by atoms with E-state index in [0.717, 1.165) is 17.8 Å². The van der Waals surface area contributed by atoms with Crippen LogP contribution >= 0.6 is 0 Å². The molecule has 0 radical (unpaired) electrons. The molecule has 2 atom stereocenters. The maximum absolute atomic E-state index is 13.2. The van der Waals surface area contributed by atoms with E-state index in [1.165, 1.54) is 6.92 Å². The van der Waals surface area contributed by atoms with Crippen molar-refractivity contribution in [3.63, 3.8) is 0 Å². The molecular weight excluding hydrogens is 382 g/mol. The van der Waals surface area contributed by atoms with Crippen LogP contribution in [0.3, 0.4) is 0 Å². The van der Waals surface area contributed by atoms with Crippen molar-refractivity contribution in [2.45, 2.75) is 38.9 Å². The van der Waals surface area contributed by atoms with Crippen LogP contribution in [0.2, 0.25) is 0 Å². The zero-order chi connectivity index (χ0) is 21.4. The highest BCUT2D eigenvalue weighted by Gasteiger charge is 2.21. The molecular formula is C20H22F2N4O3. The van der Waals surface area contributed by atoms with Crippen LogP contribution in [0.4, 0.5) is 8.78 Å². The van der Waals surface area contributed by atoms with Gasteiger partial charge in [0.05, 0.1) is 18.2 Å². The molecule has 0 fully saturated rings. The number of nitrogens with one attached hydrogen (secondary N) is 3. The molecule has 0 saturated carbocycles. The van der Waals surface area contributed by atoms with Crippen molar-refractivity contribution in [2.75, 3.05) is 0 Å². The number of imide groups is 1. The molecule has 1 aromatic heterocycles. The summed E-state index contributed by atoms with van der Waals surface area (Å²) in [6.07, 6.45) is 1.33. The quantitative estimate of drug-likeness (QED) is 0.615. The van der Waals surface area contributed by atoms with Crippen LogP contribution in [0, 0.1) is 11.6 Å². The predicted octanol–water partition coefficient (Wildman–Crippen LogP) is 1.23. The minimum Gasteiger partial charge on any atom is -0.344 e. The fraction of sp³-hybridized carbons (Fsp3) is 0.300. The molecule has 0 bridgehead atoms. The van der Waals surface area contributed by atoms with Gasteiger partial charge < -0.3 is 10.6 Å². The average molecular weight is 404 g/mol. The van der Waals surface area contributed by atoms with Gasteiger partial charge in [-0.3, -0.25) is 24.7 Å². The normalized spacial score (nSPS) is 12.7. The lowest BCUT2D eigenvalue weighted by Gasteiger charge is -2.17. The van der Waals surface area contributed by atoms with E-state index in [4.69, 9.17) is 0 Å². The van der Waals surface area contributed by atoms with Gasteiger partial charge in [0, 0.05) is 18.8 Å². The SMILES string of the molecule is C[C@H](NCc1ccccn1)C(=O)NC(=O)[C@H](C)NC(=O)Cc1cc(F)cc(F)c1. The van der Waals surface area contributed by atoms with Gasteiger partial charge in [-0.05, 0) is 43.7 Å². The van der Waals surface area contributed by atoms with Crippen LogP contribution in [-0.4, -0.2) is 34.8 Å². The van der Waals surface area contributed by atoms with E-state index < -0.39 is 41.4 Å². The minimum atomic E-state index is -1.01. The Kier molecular flexibility index (Phi) is 7.90. The Hall–Kier alpha value is -3.20. The van der Waals surface area contributed by atoms with Gasteiger partial charge in [0.2, 0.25) is 17.7 Å². The van der Waals surface area contributed by atoms with Crippen molar-refractivity contribution >= 4 is 17.7 Å². The first-order valence-electron chi connectivity index (χ1n) is 8.97. The number of aromatic nitrogens is 1. The highest BCUT2D eigenvalue weighted by molar-refractivity contribution is 6.00. The van der Waals surface area contributed by atoms with Gasteiger partial charge in [-0.1, -0.05) is 6.07 Å². The first-order chi connectivity index (χ1) is 13.7. The zero-order valence-corrected chi connectivity index (χ0v) is 16.0. The van der Waals surface area contributed by atoms with Crippen LogP contribution in [0.1, 0.15) is 25.1 Å². The fourth-order valence-corrected chi connectivity index (χ4v) is 2.45.